The summed E-state index contributed by atoms with van der Waals surface area (Å²) >= 11 is 0. The molecule has 0 aliphatic carbocycles. The summed E-state index contributed by atoms with van der Waals surface area (Å²) in [6, 6.07) is 6.49. The molecule has 3 nitrogen and oxygen atoms in total. The van der Waals surface area contributed by atoms with Gasteiger partial charge in [-0.25, -0.2) is 0 Å². The molecule has 110 valence electrons. The Labute approximate surface area is 121 Å². The first-order chi connectivity index (χ1) is 9.61. The number of benzene rings is 1. The lowest BCUT2D eigenvalue weighted by Gasteiger charge is -2.35. The van der Waals surface area contributed by atoms with E-state index in [1.807, 2.05) is 30.9 Å². The zero-order valence-electron chi connectivity index (χ0n) is 12.8. The summed E-state index contributed by atoms with van der Waals surface area (Å²) in [5, 5.41) is 0. The van der Waals surface area contributed by atoms with E-state index in [0.29, 0.717) is 6.04 Å². The van der Waals surface area contributed by atoms with Crippen LogP contribution >= 0.6 is 0 Å². The lowest BCUT2D eigenvalue weighted by molar-refractivity contribution is -0.137. The Morgan fingerprint density at radius 3 is 2.90 bits per heavy atom. The number of ether oxygens (including phenoxy) is 1. The highest BCUT2D eigenvalue weighted by molar-refractivity contribution is 5.78. The van der Waals surface area contributed by atoms with Gasteiger partial charge in [0.2, 0.25) is 0 Å². The summed E-state index contributed by atoms with van der Waals surface area (Å²) in [5.74, 6) is 0.945. The van der Waals surface area contributed by atoms with Crippen molar-refractivity contribution in [3.8, 4) is 5.75 Å². The zero-order chi connectivity index (χ0) is 14.5. The third-order valence-electron chi connectivity index (χ3n) is 4.11. The van der Waals surface area contributed by atoms with Crippen LogP contribution in [0.5, 0.6) is 5.75 Å². The first-order valence-corrected chi connectivity index (χ1v) is 7.61. The predicted octanol–water partition coefficient (Wildman–Crippen LogP) is 3.47. The average Bonchev–Trinajstić information content (AvgIpc) is 2.47. The smallest absolute Gasteiger partial charge is 0.260 e. The maximum absolute atomic E-state index is 12.3. The van der Waals surface area contributed by atoms with Gasteiger partial charge in [0.25, 0.3) is 5.91 Å². The molecule has 1 atom stereocenters. The van der Waals surface area contributed by atoms with E-state index in [0.717, 1.165) is 42.7 Å². The summed E-state index contributed by atoms with van der Waals surface area (Å²) in [6.45, 7) is 7.23. The van der Waals surface area contributed by atoms with Gasteiger partial charge in [0.1, 0.15) is 5.75 Å². The number of carbonyl (C=O) groups is 1. The number of likely N-dealkylation sites (tertiary alicyclic amines) is 1. The normalized spacial score (nSPS) is 18.9. The Bertz CT molecular complexity index is 470. The van der Waals surface area contributed by atoms with Crippen LogP contribution in [0.1, 0.15) is 43.7 Å². The van der Waals surface area contributed by atoms with Crippen LogP contribution in [-0.4, -0.2) is 30.0 Å². The molecule has 1 aromatic carbocycles. The fraction of sp³-hybridized carbons (Fsp3) is 0.588. The quantitative estimate of drug-likeness (QED) is 0.842. The number of aryl methyl sites for hydroxylation is 2. The number of amides is 1. The van der Waals surface area contributed by atoms with Crippen LogP contribution in [0, 0.1) is 13.8 Å². The van der Waals surface area contributed by atoms with Gasteiger partial charge in [-0.2, -0.15) is 0 Å². The molecule has 3 heteroatoms. The van der Waals surface area contributed by atoms with Gasteiger partial charge >= 0.3 is 0 Å². The molecule has 0 saturated carbocycles. The molecule has 1 unspecified atom stereocenters. The van der Waals surface area contributed by atoms with Crippen molar-refractivity contribution in [1.29, 1.82) is 0 Å². The number of hydrogen-bond acceptors (Lipinski definition) is 2. The maximum atomic E-state index is 12.3. The molecular formula is C17H25NO2. The first-order valence-electron chi connectivity index (χ1n) is 7.61. The molecule has 0 spiro atoms. The van der Waals surface area contributed by atoms with E-state index in [9.17, 15) is 4.79 Å². The summed E-state index contributed by atoms with van der Waals surface area (Å²) in [6.07, 6.45) is 4.52. The van der Waals surface area contributed by atoms with Gasteiger partial charge in [-0.15, -0.1) is 0 Å². The molecule has 0 bridgehead atoms. The van der Waals surface area contributed by atoms with E-state index in [2.05, 4.69) is 13.0 Å². The van der Waals surface area contributed by atoms with E-state index in [1.54, 1.807) is 0 Å². The van der Waals surface area contributed by atoms with E-state index in [-0.39, 0.29) is 12.5 Å². The summed E-state index contributed by atoms with van der Waals surface area (Å²) in [5.41, 5.74) is 2.23. The third-order valence-corrected chi connectivity index (χ3v) is 4.11. The number of hydrogen-bond donors (Lipinski definition) is 0. The number of nitrogens with zero attached hydrogens (tertiary/aromatic N) is 1. The van der Waals surface area contributed by atoms with Gasteiger partial charge in [0.05, 0.1) is 0 Å². The van der Waals surface area contributed by atoms with Gasteiger partial charge in [0.15, 0.2) is 6.61 Å². The molecule has 2 rings (SSSR count). The van der Waals surface area contributed by atoms with Gasteiger partial charge in [-0.3, -0.25) is 4.79 Å². The van der Waals surface area contributed by atoms with Crippen LogP contribution in [0.25, 0.3) is 0 Å². The maximum Gasteiger partial charge on any atom is 0.260 e. The van der Waals surface area contributed by atoms with Crippen LogP contribution in [-0.2, 0) is 4.79 Å². The third kappa shape index (κ3) is 3.53. The minimum absolute atomic E-state index is 0.123. The topological polar surface area (TPSA) is 29.5 Å². The molecular weight excluding hydrogens is 250 g/mol. The molecule has 0 N–H and O–H groups in total. The van der Waals surface area contributed by atoms with Crippen molar-refractivity contribution in [1.82, 2.24) is 4.90 Å². The minimum atomic E-state index is 0.123. The molecule has 1 saturated heterocycles. The summed E-state index contributed by atoms with van der Waals surface area (Å²) in [4.78, 5) is 14.3. The SMILES string of the molecule is CCC1CCCCN1C(=O)COc1cc(C)ccc1C. The lowest BCUT2D eigenvalue weighted by atomic mass is 10.00. The van der Waals surface area contributed by atoms with Crippen molar-refractivity contribution in [2.24, 2.45) is 0 Å². The predicted molar refractivity (Wildman–Crippen MR) is 81.1 cm³/mol. The van der Waals surface area contributed by atoms with Gasteiger partial charge < -0.3 is 9.64 Å². The highest BCUT2D eigenvalue weighted by Crippen LogP contribution is 2.21. The molecule has 1 aliphatic rings. The second kappa shape index (κ2) is 6.78. The van der Waals surface area contributed by atoms with Crippen LogP contribution < -0.4 is 4.74 Å². The molecule has 1 aliphatic heterocycles. The van der Waals surface area contributed by atoms with Crippen LogP contribution in [0.15, 0.2) is 18.2 Å². The molecule has 1 heterocycles. The van der Waals surface area contributed by atoms with Gasteiger partial charge in [-0.1, -0.05) is 19.1 Å². The Kier molecular flexibility index (Phi) is 5.05. The second-order valence-electron chi connectivity index (χ2n) is 5.70. The van der Waals surface area contributed by atoms with Crippen molar-refractivity contribution < 1.29 is 9.53 Å². The molecule has 20 heavy (non-hydrogen) atoms. The molecule has 1 aromatic rings. The van der Waals surface area contributed by atoms with Crippen molar-refractivity contribution in [2.45, 2.75) is 52.5 Å². The standard InChI is InChI=1S/C17H25NO2/c1-4-15-7-5-6-10-18(15)17(19)12-20-16-11-13(2)8-9-14(16)3/h8-9,11,15H,4-7,10,12H2,1-3H3. The molecule has 1 fully saturated rings. The fourth-order valence-electron chi connectivity index (χ4n) is 2.84. The largest absolute Gasteiger partial charge is 0.483 e. The van der Waals surface area contributed by atoms with Crippen molar-refractivity contribution in [2.75, 3.05) is 13.2 Å². The fourth-order valence-corrected chi connectivity index (χ4v) is 2.84. The number of piperidine rings is 1. The molecule has 0 aromatic heterocycles. The minimum Gasteiger partial charge on any atom is -0.483 e. The summed E-state index contributed by atoms with van der Waals surface area (Å²) in [7, 11) is 0. The van der Waals surface area contributed by atoms with Gasteiger partial charge in [0, 0.05) is 12.6 Å². The Morgan fingerprint density at radius 2 is 2.15 bits per heavy atom. The Balaban J connectivity index is 1.95. The average molecular weight is 275 g/mol. The van der Waals surface area contributed by atoms with E-state index in [1.165, 1.54) is 6.42 Å². The van der Waals surface area contributed by atoms with Gasteiger partial charge in [-0.05, 0) is 56.7 Å². The molecule has 0 radical (unpaired) electrons. The summed E-state index contributed by atoms with van der Waals surface area (Å²) < 4.78 is 5.73. The van der Waals surface area contributed by atoms with Crippen molar-refractivity contribution in [3.63, 3.8) is 0 Å². The van der Waals surface area contributed by atoms with Crippen molar-refractivity contribution >= 4 is 5.91 Å². The highest BCUT2D eigenvalue weighted by Gasteiger charge is 2.25. The van der Waals surface area contributed by atoms with Crippen LogP contribution in [0.3, 0.4) is 0 Å². The monoisotopic (exact) mass is 275 g/mol. The highest BCUT2D eigenvalue weighted by atomic mass is 16.5. The van der Waals surface area contributed by atoms with E-state index >= 15 is 0 Å². The van der Waals surface area contributed by atoms with E-state index < -0.39 is 0 Å². The molecule has 1 amide bonds. The Morgan fingerprint density at radius 1 is 1.35 bits per heavy atom. The van der Waals surface area contributed by atoms with Crippen LogP contribution in [0.2, 0.25) is 0 Å². The van der Waals surface area contributed by atoms with Crippen molar-refractivity contribution in [3.05, 3.63) is 29.3 Å². The lowest BCUT2D eigenvalue weighted by Crippen LogP contribution is -2.45. The van der Waals surface area contributed by atoms with E-state index in [4.69, 9.17) is 4.74 Å². The second-order valence-corrected chi connectivity index (χ2v) is 5.70. The Hall–Kier alpha value is -1.51. The number of rotatable bonds is 4. The first kappa shape index (κ1) is 14.9. The zero-order valence-corrected chi connectivity index (χ0v) is 12.8. The van der Waals surface area contributed by atoms with Crippen LogP contribution in [0.4, 0.5) is 0 Å². The number of carbonyl (C=O) groups excluding carboxylic acids is 1.